The van der Waals surface area contributed by atoms with Gasteiger partial charge in [-0.05, 0) is 67.9 Å². The number of nitrogens with zero attached hydrogens (tertiary/aromatic N) is 1. The number of piperidine rings is 1. The first-order valence-corrected chi connectivity index (χ1v) is 12.9. The van der Waals surface area contributed by atoms with Crippen molar-refractivity contribution in [3.63, 3.8) is 0 Å². The van der Waals surface area contributed by atoms with Gasteiger partial charge >= 0.3 is 0 Å². The summed E-state index contributed by atoms with van der Waals surface area (Å²) in [5.41, 5.74) is 7.31. The molecule has 4 rings (SSSR count). The zero-order valence-electron chi connectivity index (χ0n) is 17.5. The Labute approximate surface area is 186 Å². The van der Waals surface area contributed by atoms with Gasteiger partial charge in [-0.25, -0.2) is 8.42 Å². The largest absolute Gasteiger partial charge is 0.365 e. The second kappa shape index (κ2) is 8.72. The molecule has 2 amide bonds. The van der Waals surface area contributed by atoms with Crippen molar-refractivity contribution in [3.8, 4) is 0 Å². The fourth-order valence-corrected chi connectivity index (χ4v) is 7.08. The van der Waals surface area contributed by atoms with Gasteiger partial charge in [0.15, 0.2) is 0 Å². The number of benzene rings is 1. The number of carbonyl (C=O) groups is 2. The molecule has 0 spiro atoms. The quantitative estimate of drug-likeness (QED) is 0.711. The number of sulfonamides is 1. The van der Waals surface area contributed by atoms with E-state index < -0.39 is 21.8 Å². The predicted octanol–water partition coefficient (Wildman–Crippen LogP) is 3.40. The van der Waals surface area contributed by atoms with Crippen LogP contribution in [-0.4, -0.2) is 37.6 Å². The lowest BCUT2D eigenvalue weighted by molar-refractivity contribution is 0.1000. The van der Waals surface area contributed by atoms with Crippen LogP contribution in [0, 0.1) is 5.92 Å². The standard InChI is InChI=1S/C22H27N3O4S2/c1-14-5-10-18-17(13-14)19(20(23)26)22(30-18)24-21(27)15-6-8-16(9-7-15)31(28,29)25-11-3-2-4-12-25/h6-9,14H,2-5,10-13H2,1H3,(H2,23,26)(H,24,27)/t14-/m1/s1. The summed E-state index contributed by atoms with van der Waals surface area (Å²) in [6.45, 7) is 3.20. The van der Waals surface area contributed by atoms with Gasteiger partial charge in [-0.15, -0.1) is 11.3 Å². The number of aryl methyl sites for hydroxylation is 1. The maximum atomic E-state index is 12.8. The number of nitrogens with two attached hydrogens (primary N) is 1. The molecule has 1 atom stereocenters. The lowest BCUT2D eigenvalue weighted by Gasteiger charge is -2.25. The Kier molecular flexibility index (Phi) is 6.18. The molecule has 1 aliphatic heterocycles. The summed E-state index contributed by atoms with van der Waals surface area (Å²) in [6.07, 6.45) is 5.48. The number of thiophene rings is 1. The fraction of sp³-hybridized carbons (Fsp3) is 0.455. The summed E-state index contributed by atoms with van der Waals surface area (Å²) >= 11 is 1.41. The number of fused-ring (bicyclic) bond motifs is 1. The van der Waals surface area contributed by atoms with Gasteiger partial charge < -0.3 is 11.1 Å². The summed E-state index contributed by atoms with van der Waals surface area (Å²) in [4.78, 5) is 26.2. The Hall–Kier alpha value is -2.23. The van der Waals surface area contributed by atoms with Crippen molar-refractivity contribution in [3.05, 3.63) is 45.8 Å². The topological polar surface area (TPSA) is 110 Å². The molecule has 2 aliphatic rings. The van der Waals surface area contributed by atoms with Crippen molar-refractivity contribution in [1.82, 2.24) is 4.31 Å². The summed E-state index contributed by atoms with van der Waals surface area (Å²) in [6, 6.07) is 5.95. The Morgan fingerprint density at radius 2 is 1.81 bits per heavy atom. The third-order valence-corrected chi connectivity index (χ3v) is 9.17. The van der Waals surface area contributed by atoms with E-state index >= 15 is 0 Å². The number of primary amides is 1. The number of anilines is 1. The molecule has 1 aromatic heterocycles. The lowest BCUT2D eigenvalue weighted by Crippen LogP contribution is -2.35. The minimum Gasteiger partial charge on any atom is -0.365 e. The van der Waals surface area contributed by atoms with Crippen molar-refractivity contribution in [2.45, 2.75) is 50.3 Å². The molecule has 0 saturated carbocycles. The summed E-state index contributed by atoms with van der Waals surface area (Å²) in [5.74, 6) is -0.459. The highest BCUT2D eigenvalue weighted by molar-refractivity contribution is 7.89. The van der Waals surface area contributed by atoms with Gasteiger partial charge in [0.2, 0.25) is 10.0 Å². The molecule has 9 heteroatoms. The fourth-order valence-electron chi connectivity index (χ4n) is 4.31. The number of carbonyl (C=O) groups excluding carboxylic acids is 2. The Morgan fingerprint density at radius 1 is 1.13 bits per heavy atom. The monoisotopic (exact) mass is 461 g/mol. The molecule has 2 aromatic rings. The van der Waals surface area contributed by atoms with Crippen LogP contribution in [0.3, 0.4) is 0 Å². The van der Waals surface area contributed by atoms with Crippen LogP contribution < -0.4 is 11.1 Å². The Bertz CT molecular complexity index is 1100. The predicted molar refractivity (Wildman–Crippen MR) is 121 cm³/mol. The maximum Gasteiger partial charge on any atom is 0.256 e. The number of nitrogens with one attached hydrogen (secondary N) is 1. The normalized spacial score (nSPS) is 19.6. The van der Waals surface area contributed by atoms with Crippen LogP contribution >= 0.6 is 11.3 Å². The molecular formula is C22H27N3O4S2. The third kappa shape index (κ3) is 4.40. The van der Waals surface area contributed by atoms with Gasteiger partial charge in [-0.2, -0.15) is 4.31 Å². The molecule has 7 nitrogen and oxygen atoms in total. The van der Waals surface area contributed by atoms with Crippen molar-refractivity contribution in [1.29, 1.82) is 0 Å². The first-order chi connectivity index (χ1) is 14.8. The zero-order chi connectivity index (χ0) is 22.2. The van der Waals surface area contributed by atoms with E-state index in [-0.39, 0.29) is 4.90 Å². The molecule has 1 aliphatic carbocycles. The van der Waals surface area contributed by atoms with Crippen molar-refractivity contribution in [2.75, 3.05) is 18.4 Å². The van der Waals surface area contributed by atoms with Gasteiger partial charge in [0.05, 0.1) is 10.5 Å². The average molecular weight is 462 g/mol. The average Bonchev–Trinajstić information content (AvgIpc) is 3.11. The summed E-state index contributed by atoms with van der Waals surface area (Å²) in [7, 11) is -3.55. The van der Waals surface area contributed by atoms with Crippen LogP contribution in [0.25, 0.3) is 0 Å². The molecular weight excluding hydrogens is 434 g/mol. The highest BCUT2D eigenvalue weighted by Crippen LogP contribution is 2.39. The lowest BCUT2D eigenvalue weighted by atomic mass is 9.87. The highest BCUT2D eigenvalue weighted by atomic mass is 32.2. The first-order valence-electron chi connectivity index (χ1n) is 10.6. The van der Waals surface area contributed by atoms with Gasteiger partial charge in [-0.3, -0.25) is 9.59 Å². The van der Waals surface area contributed by atoms with Crippen molar-refractivity contribution >= 4 is 38.2 Å². The molecule has 0 radical (unpaired) electrons. The van der Waals surface area contributed by atoms with Crippen molar-refractivity contribution < 1.29 is 18.0 Å². The zero-order valence-corrected chi connectivity index (χ0v) is 19.2. The van der Waals surface area contributed by atoms with Crippen LogP contribution in [-0.2, 0) is 22.9 Å². The van der Waals surface area contributed by atoms with Gasteiger partial charge in [0, 0.05) is 23.5 Å². The van der Waals surface area contributed by atoms with E-state index in [0.717, 1.165) is 49.0 Å². The molecule has 1 fully saturated rings. The molecule has 3 N–H and O–H groups in total. The second-order valence-electron chi connectivity index (χ2n) is 8.36. The van der Waals surface area contributed by atoms with Gasteiger partial charge in [-0.1, -0.05) is 13.3 Å². The van der Waals surface area contributed by atoms with Crippen LogP contribution in [0.1, 0.15) is 63.8 Å². The molecule has 0 bridgehead atoms. The smallest absolute Gasteiger partial charge is 0.256 e. The summed E-state index contributed by atoms with van der Waals surface area (Å²) < 4.78 is 27.1. The molecule has 1 saturated heterocycles. The van der Waals surface area contributed by atoms with E-state index in [4.69, 9.17) is 5.73 Å². The molecule has 31 heavy (non-hydrogen) atoms. The summed E-state index contributed by atoms with van der Waals surface area (Å²) in [5, 5.41) is 3.29. The van der Waals surface area contributed by atoms with E-state index in [0.29, 0.717) is 35.1 Å². The molecule has 0 unspecified atom stereocenters. The maximum absolute atomic E-state index is 12.8. The minimum absolute atomic E-state index is 0.185. The van der Waals surface area contributed by atoms with Crippen molar-refractivity contribution in [2.24, 2.45) is 11.7 Å². The molecule has 1 aromatic carbocycles. The number of hydrogen-bond acceptors (Lipinski definition) is 5. The van der Waals surface area contributed by atoms with Crippen LogP contribution in [0.4, 0.5) is 5.00 Å². The van der Waals surface area contributed by atoms with Crippen LogP contribution in [0.15, 0.2) is 29.2 Å². The van der Waals surface area contributed by atoms with E-state index in [1.165, 1.54) is 39.9 Å². The van der Waals surface area contributed by atoms with Crippen LogP contribution in [0.5, 0.6) is 0 Å². The Morgan fingerprint density at radius 3 is 2.45 bits per heavy atom. The van der Waals surface area contributed by atoms with Crippen LogP contribution in [0.2, 0.25) is 0 Å². The number of rotatable bonds is 5. The molecule has 166 valence electrons. The molecule has 2 heterocycles. The van der Waals surface area contributed by atoms with E-state index in [9.17, 15) is 18.0 Å². The second-order valence-corrected chi connectivity index (χ2v) is 11.4. The number of amides is 2. The van der Waals surface area contributed by atoms with Gasteiger partial charge in [0.25, 0.3) is 11.8 Å². The van der Waals surface area contributed by atoms with Gasteiger partial charge in [0.1, 0.15) is 5.00 Å². The minimum atomic E-state index is -3.55. The SMILES string of the molecule is C[C@@H]1CCc2sc(NC(=O)c3ccc(S(=O)(=O)N4CCCCC4)cc3)c(C(N)=O)c2C1. The van der Waals surface area contributed by atoms with E-state index in [1.807, 2.05) is 0 Å². The number of hydrogen-bond donors (Lipinski definition) is 2. The third-order valence-electron chi connectivity index (χ3n) is 6.05. The first kappa shape index (κ1) is 22.0. The Balaban J connectivity index is 1.54. The highest BCUT2D eigenvalue weighted by Gasteiger charge is 2.28. The van der Waals surface area contributed by atoms with E-state index in [1.54, 1.807) is 0 Å². The van der Waals surface area contributed by atoms with E-state index in [2.05, 4.69) is 12.2 Å².